The molecule has 96 valence electrons. The lowest BCUT2D eigenvalue weighted by molar-refractivity contribution is 0.575. The average molecular weight is 310 g/mol. The molecule has 3 rings (SSSR count). The van der Waals surface area contributed by atoms with E-state index in [1.54, 1.807) is 0 Å². The minimum absolute atomic E-state index is 0.760. The van der Waals surface area contributed by atoms with Crippen molar-refractivity contribution in [1.82, 2.24) is 19.6 Å². The van der Waals surface area contributed by atoms with Gasteiger partial charge in [0.2, 0.25) is 5.65 Å². The first-order valence-corrected chi connectivity index (χ1v) is 7.39. The number of anilines is 1. The van der Waals surface area contributed by atoms with Crippen molar-refractivity contribution in [2.75, 3.05) is 23.3 Å². The Morgan fingerprint density at radius 1 is 1.44 bits per heavy atom. The molecule has 18 heavy (non-hydrogen) atoms. The van der Waals surface area contributed by atoms with Gasteiger partial charge in [0, 0.05) is 30.8 Å². The third-order valence-corrected chi connectivity index (χ3v) is 4.04. The second-order valence-corrected chi connectivity index (χ2v) is 5.56. The number of nitrogens with zero attached hydrogens (tertiary/aromatic N) is 5. The first-order chi connectivity index (χ1) is 8.79. The summed E-state index contributed by atoms with van der Waals surface area (Å²) in [6, 6.07) is 0. The monoisotopic (exact) mass is 309 g/mol. The van der Waals surface area contributed by atoms with Crippen LogP contribution in [0.15, 0.2) is 12.4 Å². The van der Waals surface area contributed by atoms with Gasteiger partial charge in [-0.3, -0.25) is 4.40 Å². The van der Waals surface area contributed by atoms with Gasteiger partial charge in [0.1, 0.15) is 5.82 Å². The Bertz CT molecular complexity index is 552. The lowest BCUT2D eigenvalue weighted by Crippen LogP contribution is -2.21. The second-order valence-electron chi connectivity index (χ2n) is 4.77. The molecule has 0 amide bonds. The molecule has 0 aliphatic carbocycles. The number of hydrogen-bond donors (Lipinski definition) is 0. The van der Waals surface area contributed by atoms with Gasteiger partial charge >= 0.3 is 0 Å². The zero-order valence-electron chi connectivity index (χ0n) is 10.4. The third kappa shape index (κ3) is 1.98. The molecule has 0 N–H and O–H groups in total. The van der Waals surface area contributed by atoms with Crippen LogP contribution in [0.25, 0.3) is 5.65 Å². The molecule has 2 aromatic rings. The van der Waals surface area contributed by atoms with Crippen LogP contribution < -0.4 is 4.90 Å². The molecule has 3 heterocycles. The molecule has 1 saturated heterocycles. The van der Waals surface area contributed by atoms with E-state index in [4.69, 9.17) is 0 Å². The molecule has 0 saturated carbocycles. The molecular formula is C12H16BrN5. The summed E-state index contributed by atoms with van der Waals surface area (Å²) in [4.78, 5) is 6.82. The Balaban J connectivity index is 1.91. The highest BCUT2D eigenvalue weighted by Gasteiger charge is 2.25. The van der Waals surface area contributed by atoms with E-state index in [-0.39, 0.29) is 0 Å². The summed E-state index contributed by atoms with van der Waals surface area (Å²) in [6.07, 6.45) is 6.21. The molecule has 1 fully saturated rings. The number of fused-ring (bicyclic) bond motifs is 1. The van der Waals surface area contributed by atoms with E-state index in [9.17, 15) is 0 Å². The SMILES string of the molecule is Cc1nnc2c(N3CCC(CCBr)C3)nccn12. The number of hydrogen-bond acceptors (Lipinski definition) is 4. The number of halogens is 1. The fourth-order valence-corrected chi connectivity index (χ4v) is 3.21. The van der Waals surface area contributed by atoms with Crippen molar-refractivity contribution in [2.45, 2.75) is 19.8 Å². The summed E-state index contributed by atoms with van der Waals surface area (Å²) in [5, 5.41) is 9.43. The Kier molecular flexibility index (Phi) is 3.20. The van der Waals surface area contributed by atoms with Crippen LogP contribution in [-0.4, -0.2) is 38.0 Å². The molecule has 0 aromatic carbocycles. The van der Waals surface area contributed by atoms with Gasteiger partial charge in [-0.1, -0.05) is 15.9 Å². The van der Waals surface area contributed by atoms with E-state index in [0.29, 0.717) is 0 Å². The molecule has 1 aliphatic rings. The molecule has 1 unspecified atom stereocenters. The largest absolute Gasteiger partial charge is 0.353 e. The molecule has 0 radical (unpaired) electrons. The molecule has 5 nitrogen and oxygen atoms in total. The van der Waals surface area contributed by atoms with E-state index in [2.05, 4.69) is 36.0 Å². The Morgan fingerprint density at radius 3 is 3.17 bits per heavy atom. The van der Waals surface area contributed by atoms with Gasteiger partial charge in [0.25, 0.3) is 0 Å². The molecule has 1 aliphatic heterocycles. The number of rotatable bonds is 3. The molecule has 0 bridgehead atoms. The highest BCUT2D eigenvalue weighted by Crippen LogP contribution is 2.26. The van der Waals surface area contributed by atoms with E-state index in [1.165, 1.54) is 12.8 Å². The highest BCUT2D eigenvalue weighted by atomic mass is 79.9. The lowest BCUT2D eigenvalue weighted by atomic mass is 10.1. The summed E-state index contributed by atoms with van der Waals surface area (Å²) >= 11 is 3.52. The lowest BCUT2D eigenvalue weighted by Gasteiger charge is -2.17. The molecular weight excluding hydrogens is 294 g/mol. The topological polar surface area (TPSA) is 46.3 Å². The summed E-state index contributed by atoms with van der Waals surface area (Å²) in [5.74, 6) is 2.63. The Labute approximate surface area is 114 Å². The summed E-state index contributed by atoms with van der Waals surface area (Å²) < 4.78 is 2.00. The van der Waals surface area contributed by atoms with Gasteiger partial charge in [-0.15, -0.1) is 10.2 Å². The van der Waals surface area contributed by atoms with E-state index in [0.717, 1.165) is 41.6 Å². The average Bonchev–Trinajstić information content (AvgIpc) is 2.98. The van der Waals surface area contributed by atoms with Crippen LogP contribution >= 0.6 is 15.9 Å². The maximum atomic E-state index is 4.49. The van der Waals surface area contributed by atoms with Crippen LogP contribution in [0.2, 0.25) is 0 Å². The maximum Gasteiger partial charge on any atom is 0.203 e. The first kappa shape index (κ1) is 11.9. The normalized spacial score (nSPS) is 19.9. The molecule has 2 aromatic heterocycles. The third-order valence-electron chi connectivity index (χ3n) is 3.58. The van der Waals surface area contributed by atoms with Gasteiger partial charge in [-0.2, -0.15) is 0 Å². The van der Waals surface area contributed by atoms with Crippen molar-refractivity contribution in [3.63, 3.8) is 0 Å². The molecule has 6 heteroatoms. The van der Waals surface area contributed by atoms with Gasteiger partial charge in [-0.05, 0) is 25.7 Å². The van der Waals surface area contributed by atoms with Crippen LogP contribution in [0.4, 0.5) is 5.82 Å². The van der Waals surface area contributed by atoms with Crippen molar-refractivity contribution in [3.05, 3.63) is 18.2 Å². The minimum Gasteiger partial charge on any atom is -0.353 e. The summed E-state index contributed by atoms with van der Waals surface area (Å²) in [7, 11) is 0. The van der Waals surface area contributed by atoms with E-state index >= 15 is 0 Å². The fraction of sp³-hybridized carbons (Fsp3) is 0.583. The van der Waals surface area contributed by atoms with Crippen LogP contribution in [0, 0.1) is 12.8 Å². The van der Waals surface area contributed by atoms with E-state index < -0.39 is 0 Å². The summed E-state index contributed by atoms with van der Waals surface area (Å²) in [6.45, 7) is 4.10. The Morgan fingerprint density at radius 2 is 2.33 bits per heavy atom. The van der Waals surface area contributed by atoms with E-state index in [1.807, 2.05) is 23.7 Å². The second kappa shape index (κ2) is 4.84. The van der Waals surface area contributed by atoms with Crippen LogP contribution in [0.3, 0.4) is 0 Å². The van der Waals surface area contributed by atoms with Gasteiger partial charge in [0.05, 0.1) is 0 Å². The maximum absolute atomic E-state index is 4.49. The predicted octanol–water partition coefficient (Wildman–Crippen LogP) is 2.04. The Hall–Kier alpha value is -1.17. The quantitative estimate of drug-likeness (QED) is 0.814. The predicted molar refractivity (Wildman–Crippen MR) is 74.3 cm³/mol. The first-order valence-electron chi connectivity index (χ1n) is 6.27. The van der Waals surface area contributed by atoms with Crippen molar-refractivity contribution < 1.29 is 0 Å². The van der Waals surface area contributed by atoms with Gasteiger partial charge in [-0.25, -0.2) is 4.98 Å². The number of aryl methyl sites for hydroxylation is 1. The van der Waals surface area contributed by atoms with Gasteiger partial charge in [0.15, 0.2) is 5.82 Å². The number of aromatic nitrogens is 4. The van der Waals surface area contributed by atoms with Crippen molar-refractivity contribution in [2.24, 2.45) is 5.92 Å². The van der Waals surface area contributed by atoms with Gasteiger partial charge < -0.3 is 4.90 Å². The van der Waals surface area contributed by atoms with Crippen LogP contribution in [0.5, 0.6) is 0 Å². The smallest absolute Gasteiger partial charge is 0.203 e. The van der Waals surface area contributed by atoms with Crippen molar-refractivity contribution >= 4 is 27.4 Å². The van der Waals surface area contributed by atoms with Crippen LogP contribution in [0.1, 0.15) is 18.7 Å². The van der Waals surface area contributed by atoms with Crippen LogP contribution in [-0.2, 0) is 0 Å². The zero-order valence-corrected chi connectivity index (χ0v) is 12.0. The number of alkyl halides is 1. The zero-order chi connectivity index (χ0) is 12.5. The van der Waals surface area contributed by atoms with Crippen molar-refractivity contribution in [1.29, 1.82) is 0 Å². The summed E-state index contributed by atoms with van der Waals surface area (Å²) in [5.41, 5.74) is 0.870. The highest BCUT2D eigenvalue weighted by molar-refractivity contribution is 9.09. The molecule has 0 spiro atoms. The standard InChI is InChI=1S/C12H16BrN5/c1-9-15-16-12-11(14-5-7-18(9)12)17-6-3-10(8-17)2-4-13/h5,7,10H,2-4,6,8H2,1H3. The fourth-order valence-electron chi connectivity index (χ4n) is 2.57. The van der Waals surface area contributed by atoms with Crippen molar-refractivity contribution in [3.8, 4) is 0 Å². The minimum atomic E-state index is 0.760. The molecule has 1 atom stereocenters.